The van der Waals surface area contributed by atoms with Crippen LogP contribution in [0, 0.1) is 17.3 Å². The van der Waals surface area contributed by atoms with E-state index in [2.05, 4.69) is 44.4 Å². The second-order valence-corrected chi connectivity index (χ2v) is 7.78. The molecule has 0 fully saturated rings. The Kier molecular flexibility index (Phi) is 8.85. The molecule has 2 aromatic carbocycles. The molecule has 0 unspecified atom stereocenters. The second-order valence-electron chi connectivity index (χ2n) is 7.78. The Bertz CT molecular complexity index is 777. The lowest BCUT2D eigenvalue weighted by Gasteiger charge is -2.19. The van der Waals surface area contributed by atoms with Crippen LogP contribution in [0.4, 0.5) is 0 Å². The molecule has 2 rings (SSSR count). The summed E-state index contributed by atoms with van der Waals surface area (Å²) in [4.78, 5) is 0. The quantitative estimate of drug-likeness (QED) is 0.271. The van der Waals surface area contributed by atoms with E-state index in [4.69, 9.17) is 9.47 Å². The van der Waals surface area contributed by atoms with E-state index in [-0.39, 0.29) is 5.41 Å². The third kappa shape index (κ3) is 8.46. The molecular formula is C26H32O2. The van der Waals surface area contributed by atoms with Crippen molar-refractivity contribution in [2.24, 2.45) is 5.41 Å². The van der Waals surface area contributed by atoms with Crippen LogP contribution in [0.5, 0.6) is 5.75 Å². The topological polar surface area (TPSA) is 18.5 Å². The fraction of sp³-hybridized carbons (Fsp3) is 0.385. The molecular weight excluding hydrogens is 344 g/mol. The Morgan fingerprint density at radius 1 is 1.00 bits per heavy atom. The minimum Gasteiger partial charge on any atom is -0.497 e. The van der Waals surface area contributed by atoms with Crippen molar-refractivity contribution in [3.8, 4) is 17.6 Å². The van der Waals surface area contributed by atoms with Gasteiger partial charge in [-0.2, -0.15) is 0 Å². The second kappa shape index (κ2) is 11.4. The Labute approximate surface area is 170 Å². The van der Waals surface area contributed by atoms with Gasteiger partial charge < -0.3 is 9.47 Å². The zero-order chi connectivity index (χ0) is 20.2. The van der Waals surface area contributed by atoms with E-state index in [9.17, 15) is 0 Å². The minimum absolute atomic E-state index is 0.0825. The zero-order valence-electron chi connectivity index (χ0n) is 17.5. The Hall–Kier alpha value is -2.50. The van der Waals surface area contributed by atoms with Crippen LogP contribution in [0.1, 0.15) is 50.7 Å². The van der Waals surface area contributed by atoms with Gasteiger partial charge >= 0.3 is 0 Å². The predicted molar refractivity (Wildman–Crippen MR) is 117 cm³/mol. The van der Waals surface area contributed by atoms with Crippen molar-refractivity contribution in [3.05, 3.63) is 77.9 Å². The summed E-state index contributed by atoms with van der Waals surface area (Å²) in [6.07, 6.45) is 4.11. The van der Waals surface area contributed by atoms with E-state index >= 15 is 0 Å². The van der Waals surface area contributed by atoms with E-state index in [0.717, 1.165) is 43.6 Å². The molecule has 0 bridgehead atoms. The summed E-state index contributed by atoms with van der Waals surface area (Å²) in [7, 11) is 1.67. The number of ether oxygens (including phenoxy) is 2. The normalized spacial score (nSPS) is 10.8. The summed E-state index contributed by atoms with van der Waals surface area (Å²) in [6, 6.07) is 18.2. The van der Waals surface area contributed by atoms with Crippen LogP contribution in [0.3, 0.4) is 0 Å². The molecule has 0 aliphatic rings. The average molecular weight is 377 g/mol. The maximum Gasteiger partial charge on any atom is 0.118 e. The van der Waals surface area contributed by atoms with Gasteiger partial charge in [0.15, 0.2) is 0 Å². The molecule has 0 atom stereocenters. The number of allylic oxidation sites excluding steroid dienone is 1. The van der Waals surface area contributed by atoms with Gasteiger partial charge in [-0.1, -0.05) is 54.3 Å². The molecule has 28 heavy (non-hydrogen) atoms. The lowest BCUT2D eigenvalue weighted by Crippen LogP contribution is -2.09. The Balaban J connectivity index is 1.66. The van der Waals surface area contributed by atoms with Gasteiger partial charge in [-0.25, -0.2) is 0 Å². The lowest BCUT2D eigenvalue weighted by atomic mass is 9.85. The minimum atomic E-state index is -0.0825. The van der Waals surface area contributed by atoms with Crippen molar-refractivity contribution in [1.29, 1.82) is 0 Å². The van der Waals surface area contributed by atoms with Gasteiger partial charge in [0.05, 0.1) is 13.7 Å². The van der Waals surface area contributed by atoms with Gasteiger partial charge in [-0.15, -0.1) is 0 Å². The van der Waals surface area contributed by atoms with Crippen LogP contribution in [0.15, 0.2) is 66.7 Å². The summed E-state index contributed by atoms with van der Waals surface area (Å²) in [6.45, 7) is 10.1. The van der Waals surface area contributed by atoms with Crippen molar-refractivity contribution in [3.63, 3.8) is 0 Å². The number of benzene rings is 2. The summed E-state index contributed by atoms with van der Waals surface area (Å²) in [5, 5.41) is 0. The molecule has 0 saturated heterocycles. The number of hydrogen-bond donors (Lipinski definition) is 0. The first-order valence-electron chi connectivity index (χ1n) is 9.94. The number of rotatable bonds is 10. The lowest BCUT2D eigenvalue weighted by molar-refractivity contribution is 0.117. The van der Waals surface area contributed by atoms with Crippen molar-refractivity contribution < 1.29 is 9.47 Å². The molecule has 0 radical (unpaired) electrons. The highest BCUT2D eigenvalue weighted by molar-refractivity contribution is 5.39. The van der Waals surface area contributed by atoms with Crippen molar-refractivity contribution in [2.45, 2.75) is 46.1 Å². The zero-order valence-corrected chi connectivity index (χ0v) is 17.5. The van der Waals surface area contributed by atoms with Crippen LogP contribution < -0.4 is 4.74 Å². The monoisotopic (exact) mass is 376 g/mol. The third-order valence-electron chi connectivity index (χ3n) is 4.51. The van der Waals surface area contributed by atoms with Crippen molar-refractivity contribution in [2.75, 3.05) is 13.7 Å². The molecule has 148 valence electrons. The largest absolute Gasteiger partial charge is 0.497 e. The number of methoxy groups -OCH3 is 1. The summed E-state index contributed by atoms with van der Waals surface area (Å²) in [5.41, 5.74) is 3.41. The first-order valence-corrected chi connectivity index (χ1v) is 9.94. The smallest absolute Gasteiger partial charge is 0.118 e. The predicted octanol–water partition coefficient (Wildman–Crippen LogP) is 6.41. The highest BCUT2D eigenvalue weighted by Crippen LogP contribution is 2.26. The fourth-order valence-electron chi connectivity index (χ4n) is 3.02. The Morgan fingerprint density at radius 3 is 2.39 bits per heavy atom. The van der Waals surface area contributed by atoms with Crippen LogP contribution >= 0.6 is 0 Å². The molecule has 2 aromatic rings. The fourth-order valence-corrected chi connectivity index (χ4v) is 3.02. The summed E-state index contributed by atoms with van der Waals surface area (Å²) in [5.74, 6) is 7.52. The molecule has 0 aromatic heterocycles. The third-order valence-corrected chi connectivity index (χ3v) is 4.51. The molecule has 0 heterocycles. The summed E-state index contributed by atoms with van der Waals surface area (Å²) >= 11 is 0. The van der Waals surface area contributed by atoms with Crippen molar-refractivity contribution >= 4 is 0 Å². The maximum atomic E-state index is 5.75. The maximum absolute atomic E-state index is 5.75. The van der Waals surface area contributed by atoms with Gasteiger partial charge in [0.2, 0.25) is 0 Å². The first-order chi connectivity index (χ1) is 13.5. The van der Waals surface area contributed by atoms with Gasteiger partial charge in [-0.05, 0) is 69.4 Å². The molecule has 2 nitrogen and oxygen atoms in total. The highest BCUT2D eigenvalue weighted by Gasteiger charge is 2.15. The molecule has 2 heteroatoms. The SMILES string of the molecule is C=C(CCCCOCc1ccccc1)CC(C)(C)C#Cc1ccc(OC)cc1. The van der Waals surface area contributed by atoms with E-state index in [1.165, 1.54) is 11.1 Å². The number of hydrogen-bond acceptors (Lipinski definition) is 2. The van der Waals surface area contributed by atoms with E-state index in [0.29, 0.717) is 6.61 Å². The highest BCUT2D eigenvalue weighted by atomic mass is 16.5. The molecule has 0 aliphatic carbocycles. The van der Waals surface area contributed by atoms with Gasteiger partial charge in [0.1, 0.15) is 5.75 Å². The standard InChI is InChI=1S/C26H32O2/c1-22(10-8-9-19-28-21-24-11-6-5-7-12-24)20-26(2,3)18-17-23-13-15-25(27-4)16-14-23/h5-7,11-16H,1,8-10,19-21H2,2-4H3. The van der Waals surface area contributed by atoms with E-state index in [1.54, 1.807) is 7.11 Å². The van der Waals surface area contributed by atoms with Crippen LogP contribution in [0.2, 0.25) is 0 Å². The molecule has 0 N–H and O–H groups in total. The van der Waals surface area contributed by atoms with Gasteiger partial charge in [0.25, 0.3) is 0 Å². The van der Waals surface area contributed by atoms with Gasteiger partial charge in [-0.3, -0.25) is 0 Å². The number of unbranched alkanes of at least 4 members (excludes halogenated alkanes) is 1. The van der Waals surface area contributed by atoms with Crippen molar-refractivity contribution in [1.82, 2.24) is 0 Å². The van der Waals surface area contributed by atoms with Crippen LogP contribution in [-0.4, -0.2) is 13.7 Å². The van der Waals surface area contributed by atoms with E-state index in [1.807, 2.05) is 42.5 Å². The molecule has 0 aliphatic heterocycles. The molecule has 0 spiro atoms. The van der Waals surface area contributed by atoms with Gasteiger partial charge in [0, 0.05) is 17.6 Å². The van der Waals surface area contributed by atoms with E-state index < -0.39 is 0 Å². The van der Waals surface area contributed by atoms with Crippen LogP contribution in [0.25, 0.3) is 0 Å². The summed E-state index contributed by atoms with van der Waals surface area (Å²) < 4.78 is 10.9. The molecule has 0 saturated carbocycles. The average Bonchev–Trinajstić information content (AvgIpc) is 2.70. The van der Waals surface area contributed by atoms with Crippen LogP contribution in [-0.2, 0) is 11.3 Å². The Morgan fingerprint density at radius 2 is 1.71 bits per heavy atom. The molecule has 0 amide bonds. The first kappa shape index (κ1) is 21.8.